The van der Waals surface area contributed by atoms with E-state index in [2.05, 4.69) is 45.9 Å². The van der Waals surface area contributed by atoms with Gasteiger partial charge in [-0.2, -0.15) is 0 Å². The van der Waals surface area contributed by atoms with E-state index in [9.17, 15) is 5.11 Å². The Kier molecular flexibility index (Phi) is 5.70. The van der Waals surface area contributed by atoms with Crippen LogP contribution >= 0.6 is 0 Å². The van der Waals surface area contributed by atoms with Gasteiger partial charge in [0, 0.05) is 0 Å². The van der Waals surface area contributed by atoms with Crippen LogP contribution in [0.1, 0.15) is 62.3 Å². The number of aliphatic hydroxyl groups is 1. The quantitative estimate of drug-likeness (QED) is 0.765. The van der Waals surface area contributed by atoms with Crippen molar-refractivity contribution in [3.63, 3.8) is 0 Å². The van der Waals surface area contributed by atoms with Crippen molar-refractivity contribution in [1.82, 2.24) is 0 Å². The van der Waals surface area contributed by atoms with Gasteiger partial charge in [-0.05, 0) is 43.7 Å². The largest absolute Gasteiger partial charge is 0.388 e. The molecule has 0 spiro atoms. The van der Waals surface area contributed by atoms with Crippen LogP contribution in [0.15, 0.2) is 18.2 Å². The molecule has 0 aromatic heterocycles. The zero-order valence-electron chi connectivity index (χ0n) is 11.7. The summed E-state index contributed by atoms with van der Waals surface area (Å²) in [6, 6.07) is 6.35. The average Bonchev–Trinajstić information content (AvgIpc) is 2.28. The second kappa shape index (κ2) is 6.80. The van der Waals surface area contributed by atoms with Gasteiger partial charge in [-0.25, -0.2) is 0 Å². The van der Waals surface area contributed by atoms with E-state index < -0.39 is 0 Å². The maximum Gasteiger partial charge on any atom is 0.0820 e. The highest BCUT2D eigenvalue weighted by atomic mass is 16.3. The topological polar surface area (TPSA) is 20.2 Å². The van der Waals surface area contributed by atoms with E-state index in [1.807, 2.05) is 0 Å². The zero-order valence-corrected chi connectivity index (χ0v) is 11.7. The molecule has 1 nitrogen and oxygen atoms in total. The van der Waals surface area contributed by atoms with Gasteiger partial charge < -0.3 is 5.11 Å². The number of benzene rings is 1. The molecule has 0 bridgehead atoms. The number of hydrogen-bond acceptors (Lipinski definition) is 1. The Morgan fingerprint density at radius 1 is 1.06 bits per heavy atom. The SMILES string of the molecule is CCCC(CCC)C(O)c1ccc(C)cc1C. The standard InChI is InChI=1S/C16H26O/c1-5-7-14(8-6-2)16(17)15-10-9-12(3)11-13(15)4/h9-11,14,16-17H,5-8H2,1-4H3. The smallest absolute Gasteiger partial charge is 0.0820 e. The number of hydrogen-bond donors (Lipinski definition) is 1. The van der Waals surface area contributed by atoms with Crippen LogP contribution in [0.25, 0.3) is 0 Å². The third kappa shape index (κ3) is 3.85. The summed E-state index contributed by atoms with van der Waals surface area (Å²) in [6.07, 6.45) is 4.22. The van der Waals surface area contributed by atoms with E-state index in [4.69, 9.17) is 0 Å². The molecule has 0 heterocycles. The molecule has 96 valence electrons. The molecule has 0 aliphatic carbocycles. The Balaban J connectivity index is 2.88. The van der Waals surface area contributed by atoms with Crippen molar-refractivity contribution >= 4 is 0 Å². The molecule has 1 rings (SSSR count). The Labute approximate surface area is 106 Å². The lowest BCUT2D eigenvalue weighted by Crippen LogP contribution is -2.13. The van der Waals surface area contributed by atoms with Crippen LogP contribution in [0.2, 0.25) is 0 Å². The van der Waals surface area contributed by atoms with Gasteiger partial charge in [0.25, 0.3) is 0 Å². The molecule has 0 saturated carbocycles. The summed E-state index contributed by atoms with van der Waals surface area (Å²) in [6.45, 7) is 8.58. The van der Waals surface area contributed by atoms with Gasteiger partial charge in [-0.3, -0.25) is 0 Å². The van der Waals surface area contributed by atoms with E-state index in [1.165, 1.54) is 11.1 Å². The maximum atomic E-state index is 10.5. The Bertz CT molecular complexity index is 337. The molecule has 0 radical (unpaired) electrons. The summed E-state index contributed by atoms with van der Waals surface area (Å²) in [5.41, 5.74) is 3.60. The third-order valence-corrected chi connectivity index (χ3v) is 3.51. The molecular weight excluding hydrogens is 208 g/mol. The van der Waals surface area contributed by atoms with E-state index in [1.54, 1.807) is 0 Å². The van der Waals surface area contributed by atoms with E-state index in [0.29, 0.717) is 5.92 Å². The van der Waals surface area contributed by atoms with Gasteiger partial charge in [0.15, 0.2) is 0 Å². The predicted octanol–water partition coefficient (Wildman–Crippen LogP) is 4.55. The number of rotatable bonds is 6. The Hall–Kier alpha value is -0.820. The first kappa shape index (κ1) is 14.2. The summed E-state index contributed by atoms with van der Waals surface area (Å²) in [5.74, 6) is 0.409. The Morgan fingerprint density at radius 2 is 1.65 bits per heavy atom. The fourth-order valence-corrected chi connectivity index (χ4v) is 2.61. The van der Waals surface area contributed by atoms with E-state index >= 15 is 0 Å². The molecule has 0 saturated heterocycles. The van der Waals surface area contributed by atoms with Crippen molar-refractivity contribution in [1.29, 1.82) is 0 Å². The first-order chi connectivity index (χ1) is 8.10. The van der Waals surface area contributed by atoms with Crippen LogP contribution in [0.4, 0.5) is 0 Å². The number of aryl methyl sites for hydroxylation is 2. The van der Waals surface area contributed by atoms with Crippen molar-refractivity contribution in [2.75, 3.05) is 0 Å². The maximum absolute atomic E-state index is 10.5. The lowest BCUT2D eigenvalue weighted by atomic mass is 9.86. The summed E-state index contributed by atoms with van der Waals surface area (Å²) < 4.78 is 0. The third-order valence-electron chi connectivity index (χ3n) is 3.51. The van der Waals surface area contributed by atoms with Gasteiger partial charge in [0.1, 0.15) is 0 Å². The van der Waals surface area contributed by atoms with Gasteiger partial charge in [0.2, 0.25) is 0 Å². The second-order valence-electron chi connectivity index (χ2n) is 5.14. The monoisotopic (exact) mass is 234 g/mol. The highest BCUT2D eigenvalue weighted by Crippen LogP contribution is 2.31. The molecule has 0 aliphatic heterocycles. The number of aliphatic hydroxyl groups excluding tert-OH is 1. The highest BCUT2D eigenvalue weighted by Gasteiger charge is 2.20. The first-order valence-corrected chi connectivity index (χ1v) is 6.85. The van der Waals surface area contributed by atoms with Crippen LogP contribution in [0, 0.1) is 19.8 Å². The molecule has 1 atom stereocenters. The summed E-state index contributed by atoms with van der Waals surface area (Å²) in [4.78, 5) is 0. The molecule has 0 aliphatic rings. The van der Waals surface area contributed by atoms with Crippen LogP contribution < -0.4 is 0 Å². The second-order valence-corrected chi connectivity index (χ2v) is 5.14. The van der Waals surface area contributed by atoms with Crippen molar-refractivity contribution < 1.29 is 5.11 Å². The molecule has 0 amide bonds. The molecule has 1 unspecified atom stereocenters. The van der Waals surface area contributed by atoms with Gasteiger partial charge in [0.05, 0.1) is 6.10 Å². The molecular formula is C16H26O. The molecule has 0 fully saturated rings. The van der Waals surface area contributed by atoms with Crippen molar-refractivity contribution in [2.24, 2.45) is 5.92 Å². The van der Waals surface area contributed by atoms with E-state index in [-0.39, 0.29) is 6.10 Å². The molecule has 1 aromatic carbocycles. The van der Waals surface area contributed by atoms with Crippen molar-refractivity contribution in [3.05, 3.63) is 34.9 Å². The van der Waals surface area contributed by atoms with Gasteiger partial charge in [-0.1, -0.05) is 50.5 Å². The predicted molar refractivity (Wildman–Crippen MR) is 74.2 cm³/mol. The minimum atomic E-state index is -0.296. The van der Waals surface area contributed by atoms with Crippen LogP contribution in [0.5, 0.6) is 0 Å². The average molecular weight is 234 g/mol. The minimum Gasteiger partial charge on any atom is -0.388 e. The zero-order chi connectivity index (χ0) is 12.8. The fourth-order valence-electron chi connectivity index (χ4n) is 2.61. The highest BCUT2D eigenvalue weighted by molar-refractivity contribution is 5.32. The molecule has 1 N–H and O–H groups in total. The summed E-state index contributed by atoms with van der Waals surface area (Å²) in [7, 11) is 0. The van der Waals surface area contributed by atoms with Crippen molar-refractivity contribution in [3.8, 4) is 0 Å². The van der Waals surface area contributed by atoms with Crippen molar-refractivity contribution in [2.45, 2.75) is 59.5 Å². The van der Waals surface area contributed by atoms with Crippen LogP contribution in [-0.2, 0) is 0 Å². The minimum absolute atomic E-state index is 0.296. The molecule has 17 heavy (non-hydrogen) atoms. The Morgan fingerprint density at radius 3 is 2.12 bits per heavy atom. The molecule has 1 aromatic rings. The summed E-state index contributed by atoms with van der Waals surface area (Å²) in [5, 5.41) is 10.5. The van der Waals surface area contributed by atoms with Crippen LogP contribution in [0.3, 0.4) is 0 Å². The lowest BCUT2D eigenvalue weighted by molar-refractivity contribution is 0.0959. The summed E-state index contributed by atoms with van der Waals surface area (Å²) >= 11 is 0. The van der Waals surface area contributed by atoms with Gasteiger partial charge in [-0.15, -0.1) is 0 Å². The van der Waals surface area contributed by atoms with Gasteiger partial charge >= 0.3 is 0 Å². The lowest BCUT2D eigenvalue weighted by Gasteiger charge is -2.24. The van der Waals surface area contributed by atoms with Crippen LogP contribution in [-0.4, -0.2) is 5.11 Å². The first-order valence-electron chi connectivity index (χ1n) is 6.85. The fraction of sp³-hybridized carbons (Fsp3) is 0.625. The normalized spacial score (nSPS) is 13.1. The van der Waals surface area contributed by atoms with E-state index in [0.717, 1.165) is 31.2 Å². The molecule has 1 heteroatoms.